The summed E-state index contributed by atoms with van der Waals surface area (Å²) in [6, 6.07) is 11.0. The lowest BCUT2D eigenvalue weighted by Crippen LogP contribution is -2.23. The van der Waals surface area contributed by atoms with Crippen LogP contribution in [-0.2, 0) is 0 Å². The van der Waals surface area contributed by atoms with Gasteiger partial charge in [-0.05, 0) is 62.7 Å². The summed E-state index contributed by atoms with van der Waals surface area (Å²) in [6.45, 7) is 7.86. The van der Waals surface area contributed by atoms with Crippen molar-refractivity contribution < 1.29 is 9.53 Å². The van der Waals surface area contributed by atoms with Crippen molar-refractivity contribution in [1.29, 1.82) is 0 Å². The minimum absolute atomic E-state index is 0.0337. The first-order chi connectivity index (χ1) is 11.0. The SMILES string of the molecule is CCN(CC)c1ccc(C(=O)c2ccc(OC)c(C)c2)cc1N. The van der Waals surface area contributed by atoms with Gasteiger partial charge >= 0.3 is 0 Å². The first-order valence-corrected chi connectivity index (χ1v) is 7.85. The van der Waals surface area contributed by atoms with Crippen LogP contribution in [0.3, 0.4) is 0 Å². The molecule has 0 heterocycles. The van der Waals surface area contributed by atoms with Crippen LogP contribution < -0.4 is 15.4 Å². The van der Waals surface area contributed by atoms with Crippen LogP contribution in [0.1, 0.15) is 35.3 Å². The summed E-state index contributed by atoms with van der Waals surface area (Å²) in [4.78, 5) is 14.8. The molecule has 23 heavy (non-hydrogen) atoms. The zero-order chi connectivity index (χ0) is 17.0. The van der Waals surface area contributed by atoms with Gasteiger partial charge in [-0.15, -0.1) is 0 Å². The lowest BCUT2D eigenvalue weighted by Gasteiger charge is -2.23. The Morgan fingerprint density at radius 1 is 1.09 bits per heavy atom. The number of carbonyl (C=O) groups is 1. The van der Waals surface area contributed by atoms with Gasteiger partial charge in [0.25, 0.3) is 0 Å². The summed E-state index contributed by atoms with van der Waals surface area (Å²) < 4.78 is 5.23. The number of ketones is 1. The molecule has 2 rings (SSSR count). The molecular formula is C19H24N2O2. The molecule has 0 atom stereocenters. The van der Waals surface area contributed by atoms with Gasteiger partial charge in [0.1, 0.15) is 5.75 Å². The number of nitrogen functional groups attached to an aromatic ring is 1. The second-order valence-electron chi connectivity index (χ2n) is 5.46. The molecule has 2 aromatic rings. The number of nitrogens with zero attached hydrogens (tertiary/aromatic N) is 1. The van der Waals surface area contributed by atoms with Crippen LogP contribution >= 0.6 is 0 Å². The normalized spacial score (nSPS) is 10.4. The maximum Gasteiger partial charge on any atom is 0.193 e. The number of carbonyl (C=O) groups excluding carboxylic acids is 1. The van der Waals surface area contributed by atoms with E-state index in [1.54, 1.807) is 19.2 Å². The van der Waals surface area contributed by atoms with Gasteiger partial charge in [-0.25, -0.2) is 0 Å². The van der Waals surface area contributed by atoms with Crippen molar-refractivity contribution in [3.63, 3.8) is 0 Å². The predicted octanol–water partition coefficient (Wildman–Crippen LogP) is 3.66. The minimum Gasteiger partial charge on any atom is -0.496 e. The molecule has 0 unspecified atom stereocenters. The molecule has 0 aliphatic carbocycles. The van der Waals surface area contributed by atoms with E-state index >= 15 is 0 Å². The largest absolute Gasteiger partial charge is 0.496 e. The van der Waals surface area contributed by atoms with Crippen LogP contribution in [-0.4, -0.2) is 26.0 Å². The molecule has 0 radical (unpaired) electrons. The molecular weight excluding hydrogens is 288 g/mol. The Morgan fingerprint density at radius 2 is 1.70 bits per heavy atom. The van der Waals surface area contributed by atoms with E-state index in [1.807, 2.05) is 31.2 Å². The number of benzene rings is 2. The Kier molecular flexibility index (Phi) is 5.27. The van der Waals surface area contributed by atoms with Gasteiger partial charge in [0.15, 0.2) is 5.78 Å². The number of rotatable bonds is 6. The second-order valence-corrected chi connectivity index (χ2v) is 5.46. The van der Waals surface area contributed by atoms with Crippen molar-refractivity contribution in [1.82, 2.24) is 0 Å². The molecule has 0 bridgehead atoms. The summed E-state index contributed by atoms with van der Waals surface area (Å²) in [5, 5.41) is 0. The summed E-state index contributed by atoms with van der Waals surface area (Å²) >= 11 is 0. The average molecular weight is 312 g/mol. The Morgan fingerprint density at radius 3 is 2.22 bits per heavy atom. The van der Waals surface area contributed by atoms with Crippen LogP contribution in [0, 0.1) is 6.92 Å². The fourth-order valence-electron chi connectivity index (χ4n) is 2.73. The van der Waals surface area contributed by atoms with E-state index in [1.165, 1.54) is 0 Å². The van der Waals surface area contributed by atoms with E-state index in [2.05, 4.69) is 18.7 Å². The fraction of sp³-hybridized carbons (Fsp3) is 0.316. The second kappa shape index (κ2) is 7.18. The molecule has 4 heteroatoms. The molecule has 0 amide bonds. The molecule has 0 spiro atoms. The number of hydrogen-bond donors (Lipinski definition) is 1. The molecule has 4 nitrogen and oxygen atoms in total. The molecule has 0 aliphatic heterocycles. The monoisotopic (exact) mass is 312 g/mol. The van der Waals surface area contributed by atoms with Gasteiger partial charge in [0.2, 0.25) is 0 Å². The highest BCUT2D eigenvalue weighted by molar-refractivity contribution is 6.10. The summed E-state index contributed by atoms with van der Waals surface area (Å²) in [6.07, 6.45) is 0. The van der Waals surface area contributed by atoms with Crippen LogP contribution in [0.15, 0.2) is 36.4 Å². The van der Waals surface area contributed by atoms with Crippen molar-refractivity contribution in [2.24, 2.45) is 0 Å². The molecule has 0 saturated carbocycles. The molecule has 0 aliphatic rings. The fourth-order valence-corrected chi connectivity index (χ4v) is 2.73. The number of ether oxygens (including phenoxy) is 1. The lowest BCUT2D eigenvalue weighted by atomic mass is 10.00. The van der Waals surface area contributed by atoms with Crippen molar-refractivity contribution in [3.8, 4) is 5.75 Å². The predicted molar refractivity (Wildman–Crippen MR) is 95.6 cm³/mol. The zero-order valence-corrected chi connectivity index (χ0v) is 14.2. The Hall–Kier alpha value is -2.49. The molecule has 2 N–H and O–H groups in total. The Labute approximate surface area is 137 Å². The van der Waals surface area contributed by atoms with E-state index in [9.17, 15) is 4.79 Å². The number of methoxy groups -OCH3 is 1. The third-order valence-electron chi connectivity index (χ3n) is 4.05. The highest BCUT2D eigenvalue weighted by Crippen LogP contribution is 2.26. The van der Waals surface area contributed by atoms with Crippen LogP contribution in [0.4, 0.5) is 11.4 Å². The van der Waals surface area contributed by atoms with E-state index in [0.29, 0.717) is 16.8 Å². The number of hydrogen-bond acceptors (Lipinski definition) is 4. The van der Waals surface area contributed by atoms with Crippen molar-refractivity contribution in [2.75, 3.05) is 30.8 Å². The number of nitrogens with two attached hydrogens (primary N) is 1. The van der Waals surface area contributed by atoms with Crippen LogP contribution in [0.5, 0.6) is 5.75 Å². The third-order valence-corrected chi connectivity index (χ3v) is 4.05. The molecule has 0 aromatic heterocycles. The van der Waals surface area contributed by atoms with Gasteiger partial charge in [-0.1, -0.05) is 0 Å². The van der Waals surface area contributed by atoms with Crippen molar-refractivity contribution in [2.45, 2.75) is 20.8 Å². The quantitative estimate of drug-likeness (QED) is 0.653. The van der Waals surface area contributed by atoms with Gasteiger partial charge < -0.3 is 15.4 Å². The smallest absolute Gasteiger partial charge is 0.193 e. The van der Waals surface area contributed by atoms with Crippen LogP contribution in [0.25, 0.3) is 0 Å². The van der Waals surface area contributed by atoms with Gasteiger partial charge in [-0.2, -0.15) is 0 Å². The summed E-state index contributed by atoms with van der Waals surface area (Å²) in [7, 11) is 1.62. The van der Waals surface area contributed by atoms with Crippen LogP contribution in [0.2, 0.25) is 0 Å². The summed E-state index contributed by atoms with van der Waals surface area (Å²) in [5.74, 6) is 0.742. The lowest BCUT2D eigenvalue weighted by molar-refractivity contribution is 0.103. The minimum atomic E-state index is -0.0337. The highest BCUT2D eigenvalue weighted by atomic mass is 16.5. The van der Waals surface area contributed by atoms with Gasteiger partial charge in [0, 0.05) is 24.2 Å². The van der Waals surface area contributed by atoms with Gasteiger partial charge in [-0.3, -0.25) is 4.79 Å². The molecule has 122 valence electrons. The molecule has 2 aromatic carbocycles. The van der Waals surface area contributed by atoms with E-state index < -0.39 is 0 Å². The third kappa shape index (κ3) is 3.47. The van der Waals surface area contributed by atoms with Crippen molar-refractivity contribution >= 4 is 17.2 Å². The standard InChI is InChI=1S/C19H24N2O2/c1-5-21(6-2)17-9-7-15(12-16(17)20)19(22)14-8-10-18(23-4)13(3)11-14/h7-12H,5-6,20H2,1-4H3. The summed E-state index contributed by atoms with van der Waals surface area (Å²) in [5.41, 5.74) is 9.92. The van der Waals surface area contributed by atoms with Gasteiger partial charge in [0.05, 0.1) is 18.5 Å². The van der Waals surface area contributed by atoms with E-state index in [0.717, 1.165) is 30.1 Å². The maximum absolute atomic E-state index is 12.7. The number of aryl methyl sites for hydroxylation is 1. The average Bonchev–Trinajstić information content (AvgIpc) is 2.56. The Balaban J connectivity index is 2.33. The zero-order valence-electron chi connectivity index (χ0n) is 14.2. The number of anilines is 2. The topological polar surface area (TPSA) is 55.6 Å². The van der Waals surface area contributed by atoms with E-state index in [4.69, 9.17) is 10.5 Å². The molecule has 0 saturated heterocycles. The maximum atomic E-state index is 12.7. The van der Waals surface area contributed by atoms with Crippen molar-refractivity contribution in [3.05, 3.63) is 53.1 Å². The molecule has 0 fully saturated rings. The first-order valence-electron chi connectivity index (χ1n) is 7.85. The Bertz CT molecular complexity index is 707. The first kappa shape index (κ1) is 16.9. The highest BCUT2D eigenvalue weighted by Gasteiger charge is 2.14. The van der Waals surface area contributed by atoms with E-state index in [-0.39, 0.29) is 5.78 Å².